The summed E-state index contributed by atoms with van der Waals surface area (Å²) >= 11 is 0. The van der Waals surface area contributed by atoms with Crippen molar-refractivity contribution in [2.24, 2.45) is 0 Å². The Hall–Kier alpha value is -1.78. The predicted molar refractivity (Wildman–Crippen MR) is 86.4 cm³/mol. The van der Waals surface area contributed by atoms with Gasteiger partial charge in [-0.2, -0.15) is 0 Å². The molecule has 0 aromatic heterocycles. The van der Waals surface area contributed by atoms with Crippen LogP contribution in [0.5, 0.6) is 0 Å². The lowest BCUT2D eigenvalue weighted by Gasteiger charge is -2.33. The Morgan fingerprint density at radius 3 is 2.30 bits per heavy atom. The summed E-state index contributed by atoms with van der Waals surface area (Å²) in [7, 11) is 0. The van der Waals surface area contributed by atoms with Gasteiger partial charge < -0.3 is 5.32 Å². The van der Waals surface area contributed by atoms with E-state index in [-0.39, 0.29) is 23.6 Å². The summed E-state index contributed by atoms with van der Waals surface area (Å²) in [5, 5.41) is 3.37. The number of hydrogen-bond acceptors (Lipinski definition) is 2. The van der Waals surface area contributed by atoms with Crippen LogP contribution in [-0.2, 0) is 0 Å². The molecule has 4 rings (SSSR count). The fourth-order valence-corrected chi connectivity index (χ4v) is 3.98. The van der Waals surface area contributed by atoms with Gasteiger partial charge in [0.05, 0.1) is 0 Å². The molecule has 0 bridgehead atoms. The lowest BCUT2D eigenvalue weighted by Crippen LogP contribution is -2.44. The molecule has 120 valence electrons. The Morgan fingerprint density at radius 1 is 0.870 bits per heavy atom. The van der Waals surface area contributed by atoms with Gasteiger partial charge in [0.2, 0.25) is 0 Å². The van der Waals surface area contributed by atoms with Crippen LogP contribution >= 0.6 is 0 Å². The van der Waals surface area contributed by atoms with Crippen molar-refractivity contribution in [2.75, 3.05) is 26.2 Å². The Morgan fingerprint density at radius 2 is 1.57 bits per heavy atom. The van der Waals surface area contributed by atoms with Crippen molar-refractivity contribution in [1.82, 2.24) is 10.2 Å². The average molecular weight is 314 g/mol. The van der Waals surface area contributed by atoms with Crippen LogP contribution in [0.25, 0.3) is 0 Å². The first-order valence-electron chi connectivity index (χ1n) is 8.22. The maximum Gasteiger partial charge on any atom is 0.123 e. The molecule has 2 aromatic carbocycles. The minimum atomic E-state index is -0.218. The number of nitrogens with one attached hydrogen (secondary N) is 1. The van der Waals surface area contributed by atoms with Gasteiger partial charge in [-0.15, -0.1) is 0 Å². The van der Waals surface area contributed by atoms with Crippen molar-refractivity contribution in [3.8, 4) is 0 Å². The first-order valence-corrected chi connectivity index (χ1v) is 8.22. The zero-order valence-corrected chi connectivity index (χ0v) is 12.9. The molecule has 1 heterocycles. The molecule has 4 heteroatoms. The molecule has 1 aliphatic heterocycles. The molecule has 1 aliphatic carbocycles. The zero-order valence-electron chi connectivity index (χ0n) is 12.9. The standard InChI is InChI=1S/C19H20F2N2/c20-14-3-1-13(2-4-14)17-12-19(23-9-7-22-8-10-23)18-11-15(21)5-6-16(17)18/h1-6,11,17,19,22H,7-10,12H2. The van der Waals surface area contributed by atoms with E-state index in [9.17, 15) is 8.78 Å². The van der Waals surface area contributed by atoms with E-state index in [2.05, 4.69) is 10.2 Å². The van der Waals surface area contributed by atoms with Crippen molar-refractivity contribution >= 4 is 0 Å². The molecule has 2 aromatic rings. The quantitative estimate of drug-likeness (QED) is 0.913. The fraction of sp³-hybridized carbons (Fsp3) is 0.368. The average Bonchev–Trinajstić information content (AvgIpc) is 2.95. The predicted octanol–water partition coefficient (Wildman–Crippen LogP) is 3.45. The minimum absolute atomic E-state index is 0.177. The van der Waals surface area contributed by atoms with E-state index in [1.54, 1.807) is 6.07 Å². The molecule has 2 nitrogen and oxygen atoms in total. The number of piperazine rings is 1. The topological polar surface area (TPSA) is 15.3 Å². The largest absolute Gasteiger partial charge is 0.314 e. The highest BCUT2D eigenvalue weighted by molar-refractivity contribution is 5.44. The number of fused-ring (bicyclic) bond motifs is 1. The first kappa shape index (κ1) is 14.8. The van der Waals surface area contributed by atoms with Gasteiger partial charge in [0.15, 0.2) is 0 Å². The molecule has 0 spiro atoms. The summed E-state index contributed by atoms with van der Waals surface area (Å²) in [6, 6.07) is 12.1. The molecule has 2 unspecified atom stereocenters. The van der Waals surface area contributed by atoms with Crippen LogP contribution < -0.4 is 5.32 Å². The third kappa shape index (κ3) is 2.77. The molecule has 2 aliphatic rings. The van der Waals surface area contributed by atoms with E-state index < -0.39 is 0 Å². The summed E-state index contributed by atoms with van der Waals surface area (Å²) in [6.07, 6.45) is 0.935. The van der Waals surface area contributed by atoms with Gasteiger partial charge in [0.25, 0.3) is 0 Å². The van der Waals surface area contributed by atoms with Crippen LogP contribution in [0.4, 0.5) is 8.78 Å². The van der Waals surface area contributed by atoms with Crippen molar-refractivity contribution in [3.63, 3.8) is 0 Å². The molecule has 1 saturated heterocycles. The van der Waals surface area contributed by atoms with Crippen molar-refractivity contribution in [3.05, 3.63) is 70.8 Å². The molecule has 2 atom stereocenters. The molecule has 23 heavy (non-hydrogen) atoms. The zero-order chi connectivity index (χ0) is 15.8. The van der Waals surface area contributed by atoms with E-state index >= 15 is 0 Å². The van der Waals surface area contributed by atoms with Gasteiger partial charge in [-0.05, 0) is 47.4 Å². The summed E-state index contributed by atoms with van der Waals surface area (Å²) in [6.45, 7) is 3.91. The van der Waals surface area contributed by atoms with Crippen LogP contribution in [0.1, 0.15) is 35.1 Å². The number of hydrogen-bond donors (Lipinski definition) is 1. The Labute approximate surface area is 135 Å². The van der Waals surface area contributed by atoms with Crippen LogP contribution in [0.3, 0.4) is 0 Å². The third-order valence-electron chi connectivity index (χ3n) is 5.11. The van der Waals surface area contributed by atoms with Crippen molar-refractivity contribution in [1.29, 1.82) is 0 Å². The minimum Gasteiger partial charge on any atom is -0.314 e. The lowest BCUT2D eigenvalue weighted by molar-refractivity contribution is 0.171. The van der Waals surface area contributed by atoms with Gasteiger partial charge in [-0.1, -0.05) is 18.2 Å². The van der Waals surface area contributed by atoms with Gasteiger partial charge in [-0.3, -0.25) is 4.90 Å². The lowest BCUT2D eigenvalue weighted by atomic mass is 9.93. The number of nitrogens with zero attached hydrogens (tertiary/aromatic N) is 1. The first-order chi connectivity index (χ1) is 11.2. The molecule has 0 radical (unpaired) electrons. The normalized spacial score (nSPS) is 24.6. The molecule has 0 amide bonds. The smallest absolute Gasteiger partial charge is 0.123 e. The van der Waals surface area contributed by atoms with Crippen LogP contribution in [-0.4, -0.2) is 31.1 Å². The van der Waals surface area contributed by atoms with E-state index in [4.69, 9.17) is 0 Å². The van der Waals surface area contributed by atoms with E-state index in [0.717, 1.165) is 43.7 Å². The van der Waals surface area contributed by atoms with E-state index in [1.807, 2.05) is 18.2 Å². The van der Waals surface area contributed by atoms with Gasteiger partial charge >= 0.3 is 0 Å². The molecule has 1 fully saturated rings. The Balaban J connectivity index is 1.71. The highest BCUT2D eigenvalue weighted by atomic mass is 19.1. The van der Waals surface area contributed by atoms with E-state index in [1.165, 1.54) is 23.8 Å². The molecule has 1 N–H and O–H groups in total. The molecular formula is C19H20F2N2. The maximum atomic E-state index is 13.8. The maximum absolute atomic E-state index is 13.8. The number of halogens is 2. The Kier molecular flexibility index (Phi) is 3.87. The summed E-state index contributed by atoms with van der Waals surface area (Å²) in [5.74, 6) is -0.181. The fourth-order valence-electron chi connectivity index (χ4n) is 3.98. The van der Waals surface area contributed by atoms with Crippen LogP contribution in [0.15, 0.2) is 42.5 Å². The number of rotatable bonds is 2. The van der Waals surface area contributed by atoms with E-state index in [0.29, 0.717) is 0 Å². The van der Waals surface area contributed by atoms with Crippen LogP contribution in [0.2, 0.25) is 0 Å². The van der Waals surface area contributed by atoms with Crippen LogP contribution in [0, 0.1) is 11.6 Å². The summed E-state index contributed by atoms with van der Waals surface area (Å²) in [5.41, 5.74) is 3.39. The van der Waals surface area contributed by atoms with Gasteiger partial charge in [0, 0.05) is 38.1 Å². The molecular weight excluding hydrogens is 294 g/mol. The second-order valence-corrected chi connectivity index (χ2v) is 6.41. The monoisotopic (exact) mass is 314 g/mol. The Bertz CT molecular complexity index is 693. The van der Waals surface area contributed by atoms with Crippen molar-refractivity contribution < 1.29 is 8.78 Å². The highest BCUT2D eigenvalue weighted by Crippen LogP contribution is 2.46. The summed E-state index contributed by atoms with van der Waals surface area (Å²) < 4.78 is 27.0. The van der Waals surface area contributed by atoms with Gasteiger partial charge in [-0.25, -0.2) is 8.78 Å². The highest BCUT2D eigenvalue weighted by Gasteiger charge is 2.35. The molecule has 0 saturated carbocycles. The third-order valence-corrected chi connectivity index (χ3v) is 5.11. The van der Waals surface area contributed by atoms with Crippen molar-refractivity contribution in [2.45, 2.75) is 18.4 Å². The summed E-state index contributed by atoms with van der Waals surface area (Å²) in [4.78, 5) is 2.44. The second kappa shape index (κ2) is 6.02. The number of benzene rings is 2. The van der Waals surface area contributed by atoms with Gasteiger partial charge in [0.1, 0.15) is 11.6 Å². The second-order valence-electron chi connectivity index (χ2n) is 6.41. The SMILES string of the molecule is Fc1ccc(C2CC(N3CCNCC3)c3cc(F)ccc32)cc1.